The Labute approximate surface area is 106 Å². The lowest BCUT2D eigenvalue weighted by Crippen LogP contribution is -2.04. The SMILES string of the molecule is CCCCCCNc1cccc(Cl)c1[N+](=O)[O-]. The summed E-state index contributed by atoms with van der Waals surface area (Å²) in [6, 6.07) is 4.93. The quantitative estimate of drug-likeness (QED) is 0.451. The van der Waals surface area contributed by atoms with Gasteiger partial charge in [-0.1, -0.05) is 43.9 Å². The van der Waals surface area contributed by atoms with Gasteiger partial charge in [0.2, 0.25) is 0 Å². The normalized spacial score (nSPS) is 10.2. The summed E-state index contributed by atoms with van der Waals surface area (Å²) in [6.07, 6.45) is 4.52. The first-order valence-corrected chi connectivity index (χ1v) is 6.21. The zero-order valence-electron chi connectivity index (χ0n) is 9.91. The molecule has 1 rings (SSSR count). The third-order valence-electron chi connectivity index (χ3n) is 2.52. The Morgan fingerprint density at radius 1 is 1.35 bits per heavy atom. The van der Waals surface area contributed by atoms with E-state index in [1.165, 1.54) is 18.9 Å². The van der Waals surface area contributed by atoms with Crippen LogP contribution >= 0.6 is 11.6 Å². The molecule has 5 heteroatoms. The summed E-state index contributed by atoms with van der Waals surface area (Å²) in [4.78, 5) is 10.4. The number of nitro benzene ring substituents is 1. The van der Waals surface area contributed by atoms with Crippen LogP contribution in [0.15, 0.2) is 18.2 Å². The second-order valence-electron chi connectivity index (χ2n) is 3.88. The summed E-state index contributed by atoms with van der Waals surface area (Å²) in [7, 11) is 0. The highest BCUT2D eigenvalue weighted by molar-refractivity contribution is 6.33. The average Bonchev–Trinajstić information content (AvgIpc) is 2.28. The number of unbranched alkanes of at least 4 members (excludes halogenated alkanes) is 3. The van der Waals surface area contributed by atoms with Crippen molar-refractivity contribution in [3.8, 4) is 0 Å². The summed E-state index contributed by atoms with van der Waals surface area (Å²) < 4.78 is 0. The zero-order valence-corrected chi connectivity index (χ0v) is 10.7. The molecular formula is C12H17ClN2O2. The smallest absolute Gasteiger partial charge is 0.310 e. The lowest BCUT2D eigenvalue weighted by molar-refractivity contribution is -0.383. The van der Waals surface area contributed by atoms with Crippen molar-refractivity contribution in [3.05, 3.63) is 33.3 Å². The summed E-state index contributed by atoms with van der Waals surface area (Å²) in [5.74, 6) is 0. The lowest BCUT2D eigenvalue weighted by Gasteiger charge is -2.07. The molecule has 0 saturated heterocycles. The molecule has 94 valence electrons. The number of nitrogens with zero attached hydrogens (tertiary/aromatic N) is 1. The van der Waals surface area contributed by atoms with Crippen molar-refractivity contribution in [3.63, 3.8) is 0 Å². The van der Waals surface area contributed by atoms with E-state index in [0.29, 0.717) is 5.69 Å². The van der Waals surface area contributed by atoms with Gasteiger partial charge in [0.05, 0.1) is 4.92 Å². The number of nitrogens with one attached hydrogen (secondary N) is 1. The Morgan fingerprint density at radius 2 is 2.12 bits per heavy atom. The van der Waals surface area contributed by atoms with Gasteiger partial charge in [0.1, 0.15) is 10.7 Å². The van der Waals surface area contributed by atoms with Crippen LogP contribution in [-0.2, 0) is 0 Å². The van der Waals surface area contributed by atoms with Crippen LogP contribution in [0.2, 0.25) is 5.02 Å². The lowest BCUT2D eigenvalue weighted by atomic mass is 10.2. The van der Waals surface area contributed by atoms with Gasteiger partial charge in [-0.05, 0) is 18.6 Å². The average molecular weight is 257 g/mol. The van der Waals surface area contributed by atoms with Crippen molar-refractivity contribution in [2.24, 2.45) is 0 Å². The highest BCUT2D eigenvalue weighted by atomic mass is 35.5. The van der Waals surface area contributed by atoms with Gasteiger partial charge in [0, 0.05) is 6.54 Å². The molecule has 0 radical (unpaired) electrons. The number of para-hydroxylation sites is 1. The molecule has 0 aliphatic carbocycles. The van der Waals surface area contributed by atoms with Crippen molar-refractivity contribution in [2.75, 3.05) is 11.9 Å². The van der Waals surface area contributed by atoms with Crippen molar-refractivity contribution < 1.29 is 4.92 Å². The van der Waals surface area contributed by atoms with E-state index in [1.54, 1.807) is 12.1 Å². The Balaban J connectivity index is 2.58. The molecule has 0 aliphatic rings. The highest BCUT2D eigenvalue weighted by Gasteiger charge is 2.17. The van der Waals surface area contributed by atoms with Crippen LogP contribution in [0.4, 0.5) is 11.4 Å². The fourth-order valence-corrected chi connectivity index (χ4v) is 1.86. The van der Waals surface area contributed by atoms with Crippen molar-refractivity contribution >= 4 is 23.0 Å². The zero-order chi connectivity index (χ0) is 12.7. The maximum absolute atomic E-state index is 10.9. The fraction of sp³-hybridized carbons (Fsp3) is 0.500. The fourth-order valence-electron chi connectivity index (χ4n) is 1.62. The number of halogens is 1. The predicted molar refractivity (Wildman–Crippen MR) is 70.7 cm³/mol. The second-order valence-corrected chi connectivity index (χ2v) is 4.29. The van der Waals surface area contributed by atoms with E-state index in [2.05, 4.69) is 12.2 Å². The second kappa shape index (κ2) is 7.12. The van der Waals surface area contributed by atoms with Crippen LogP contribution in [-0.4, -0.2) is 11.5 Å². The standard InChI is InChI=1S/C12H17ClN2O2/c1-2-3-4-5-9-14-11-8-6-7-10(13)12(11)15(16)17/h6-8,14H,2-5,9H2,1H3. The Morgan fingerprint density at radius 3 is 2.76 bits per heavy atom. The molecule has 17 heavy (non-hydrogen) atoms. The van der Waals surface area contributed by atoms with E-state index in [9.17, 15) is 10.1 Å². The molecule has 0 saturated carbocycles. The maximum Gasteiger partial charge on any atom is 0.310 e. The van der Waals surface area contributed by atoms with Gasteiger partial charge >= 0.3 is 5.69 Å². The minimum atomic E-state index is -0.448. The maximum atomic E-state index is 10.9. The Bertz CT molecular complexity index is 383. The van der Waals surface area contributed by atoms with Gasteiger partial charge in [-0.3, -0.25) is 10.1 Å². The van der Waals surface area contributed by atoms with Gasteiger partial charge in [0.15, 0.2) is 0 Å². The molecule has 0 spiro atoms. The van der Waals surface area contributed by atoms with Gasteiger partial charge in [-0.2, -0.15) is 0 Å². The van der Waals surface area contributed by atoms with Crippen LogP contribution in [0, 0.1) is 10.1 Å². The summed E-state index contributed by atoms with van der Waals surface area (Å²) in [6.45, 7) is 2.89. The number of rotatable bonds is 7. The minimum absolute atomic E-state index is 0.0374. The van der Waals surface area contributed by atoms with Crippen LogP contribution < -0.4 is 5.32 Å². The van der Waals surface area contributed by atoms with Crippen molar-refractivity contribution in [1.29, 1.82) is 0 Å². The minimum Gasteiger partial charge on any atom is -0.379 e. The number of benzene rings is 1. The molecular weight excluding hydrogens is 240 g/mol. The number of hydrogen-bond donors (Lipinski definition) is 1. The molecule has 0 unspecified atom stereocenters. The third-order valence-corrected chi connectivity index (χ3v) is 2.82. The first-order valence-electron chi connectivity index (χ1n) is 5.83. The van der Waals surface area contributed by atoms with Crippen molar-refractivity contribution in [1.82, 2.24) is 0 Å². The molecule has 0 fully saturated rings. The Hall–Kier alpha value is -1.29. The topological polar surface area (TPSA) is 55.2 Å². The van der Waals surface area contributed by atoms with Crippen LogP contribution in [0.25, 0.3) is 0 Å². The van der Waals surface area contributed by atoms with E-state index in [1.807, 2.05) is 0 Å². The van der Waals surface area contributed by atoms with Gasteiger partial charge in [-0.15, -0.1) is 0 Å². The molecule has 1 aromatic carbocycles. The molecule has 0 aliphatic heterocycles. The first-order chi connectivity index (χ1) is 8.16. The van der Waals surface area contributed by atoms with Crippen LogP contribution in [0.5, 0.6) is 0 Å². The monoisotopic (exact) mass is 256 g/mol. The van der Waals surface area contributed by atoms with E-state index in [0.717, 1.165) is 19.4 Å². The molecule has 1 aromatic rings. The van der Waals surface area contributed by atoms with Crippen LogP contribution in [0.3, 0.4) is 0 Å². The molecule has 4 nitrogen and oxygen atoms in total. The molecule has 0 heterocycles. The van der Waals surface area contributed by atoms with Gasteiger partial charge in [-0.25, -0.2) is 0 Å². The van der Waals surface area contributed by atoms with Gasteiger partial charge < -0.3 is 5.32 Å². The Kier molecular flexibility index (Phi) is 5.77. The van der Waals surface area contributed by atoms with Crippen LogP contribution in [0.1, 0.15) is 32.6 Å². The number of nitro groups is 1. The highest BCUT2D eigenvalue weighted by Crippen LogP contribution is 2.32. The molecule has 0 atom stereocenters. The molecule has 0 amide bonds. The van der Waals surface area contributed by atoms with Crippen molar-refractivity contribution in [2.45, 2.75) is 32.6 Å². The molecule has 0 bridgehead atoms. The molecule has 0 aromatic heterocycles. The largest absolute Gasteiger partial charge is 0.379 e. The summed E-state index contributed by atoms with van der Waals surface area (Å²) in [5.41, 5.74) is 0.462. The summed E-state index contributed by atoms with van der Waals surface area (Å²) in [5, 5.41) is 14.1. The first kappa shape index (κ1) is 13.8. The predicted octanol–water partition coefficient (Wildman–Crippen LogP) is 4.24. The van der Waals surface area contributed by atoms with E-state index >= 15 is 0 Å². The summed E-state index contributed by atoms with van der Waals surface area (Å²) >= 11 is 5.81. The van der Waals surface area contributed by atoms with E-state index in [4.69, 9.17) is 11.6 Å². The van der Waals surface area contributed by atoms with E-state index < -0.39 is 4.92 Å². The number of hydrogen-bond acceptors (Lipinski definition) is 3. The van der Waals surface area contributed by atoms with E-state index in [-0.39, 0.29) is 10.7 Å². The number of anilines is 1. The third kappa shape index (κ3) is 4.23. The molecule has 1 N–H and O–H groups in total. The van der Waals surface area contributed by atoms with Gasteiger partial charge in [0.25, 0.3) is 0 Å².